The average Bonchev–Trinajstić information content (AvgIpc) is 2.47. The van der Waals surface area contributed by atoms with Gasteiger partial charge in [-0.3, -0.25) is 0 Å². The van der Waals surface area contributed by atoms with E-state index in [1.807, 2.05) is 24.3 Å². The molecule has 2 rings (SSSR count). The van der Waals surface area contributed by atoms with Crippen LogP contribution in [0, 0.1) is 11.3 Å². The topological polar surface area (TPSA) is 68.0 Å². The molecule has 0 amide bonds. The summed E-state index contributed by atoms with van der Waals surface area (Å²) in [6.07, 6.45) is 1.81. The highest BCUT2D eigenvalue weighted by atomic mass is 16.5. The molecule has 0 saturated heterocycles. The zero-order valence-electron chi connectivity index (χ0n) is 10.8. The van der Waals surface area contributed by atoms with Crippen LogP contribution in [0.5, 0.6) is 11.5 Å². The second kappa shape index (κ2) is 5.83. The molecule has 0 spiro atoms. The first-order valence-electron chi connectivity index (χ1n) is 5.69. The molecular formula is C14H13N3O2. The molecule has 1 heterocycles. The molecule has 19 heavy (non-hydrogen) atoms. The van der Waals surface area contributed by atoms with Crippen molar-refractivity contribution in [2.24, 2.45) is 0 Å². The predicted molar refractivity (Wildman–Crippen MR) is 69.9 cm³/mol. The number of benzene rings is 1. The average molecular weight is 255 g/mol. The predicted octanol–water partition coefficient (Wildman–Crippen LogP) is 2.23. The van der Waals surface area contributed by atoms with Crippen molar-refractivity contribution in [2.75, 3.05) is 14.2 Å². The molecule has 0 radical (unpaired) electrons. The van der Waals surface area contributed by atoms with Crippen LogP contribution in [0.3, 0.4) is 0 Å². The Morgan fingerprint density at radius 3 is 2.74 bits per heavy atom. The molecule has 0 atom stereocenters. The van der Waals surface area contributed by atoms with Gasteiger partial charge in [0.2, 0.25) is 0 Å². The zero-order chi connectivity index (χ0) is 13.7. The Balaban J connectivity index is 2.50. The Kier molecular flexibility index (Phi) is 3.94. The number of nitrogens with zero attached hydrogens (tertiary/aromatic N) is 3. The van der Waals surface area contributed by atoms with Gasteiger partial charge in [-0.05, 0) is 24.3 Å². The molecule has 0 aliphatic carbocycles. The molecule has 0 fully saturated rings. The van der Waals surface area contributed by atoms with Crippen LogP contribution >= 0.6 is 0 Å². The maximum Gasteiger partial charge on any atom is 0.142 e. The summed E-state index contributed by atoms with van der Waals surface area (Å²) in [6, 6.07) is 9.29. The third-order valence-electron chi connectivity index (χ3n) is 2.63. The van der Waals surface area contributed by atoms with E-state index in [1.54, 1.807) is 26.5 Å². The first kappa shape index (κ1) is 12.8. The van der Waals surface area contributed by atoms with Crippen molar-refractivity contribution in [3.8, 4) is 28.8 Å². The van der Waals surface area contributed by atoms with Gasteiger partial charge >= 0.3 is 0 Å². The highest BCUT2D eigenvalue weighted by Crippen LogP contribution is 2.32. The molecule has 0 aliphatic heterocycles. The highest BCUT2D eigenvalue weighted by Gasteiger charge is 2.10. The summed E-state index contributed by atoms with van der Waals surface area (Å²) >= 11 is 0. The summed E-state index contributed by atoms with van der Waals surface area (Å²) in [6.45, 7) is 0. The summed E-state index contributed by atoms with van der Waals surface area (Å²) in [7, 11) is 3.20. The molecule has 0 unspecified atom stereocenters. The van der Waals surface area contributed by atoms with E-state index in [9.17, 15) is 0 Å². The number of ether oxygens (including phenoxy) is 2. The number of methoxy groups -OCH3 is 2. The molecule has 1 aromatic heterocycles. The largest absolute Gasteiger partial charge is 0.497 e. The lowest BCUT2D eigenvalue weighted by atomic mass is 10.1. The van der Waals surface area contributed by atoms with Gasteiger partial charge in [-0.15, -0.1) is 0 Å². The van der Waals surface area contributed by atoms with Crippen LogP contribution in [-0.4, -0.2) is 24.2 Å². The molecule has 96 valence electrons. The quantitative estimate of drug-likeness (QED) is 0.838. The Morgan fingerprint density at radius 1 is 1.21 bits per heavy atom. The van der Waals surface area contributed by atoms with E-state index in [4.69, 9.17) is 14.7 Å². The fourth-order valence-electron chi connectivity index (χ4n) is 1.72. The monoisotopic (exact) mass is 255 g/mol. The zero-order valence-corrected chi connectivity index (χ0v) is 10.8. The van der Waals surface area contributed by atoms with Crippen molar-refractivity contribution in [2.45, 2.75) is 6.42 Å². The summed E-state index contributed by atoms with van der Waals surface area (Å²) in [5, 5.41) is 8.69. The number of aromatic nitrogens is 2. The lowest BCUT2D eigenvalue weighted by Crippen LogP contribution is -1.97. The van der Waals surface area contributed by atoms with Gasteiger partial charge in [-0.25, -0.2) is 9.97 Å². The summed E-state index contributed by atoms with van der Waals surface area (Å²) in [4.78, 5) is 8.39. The second-order valence-electron chi connectivity index (χ2n) is 3.76. The van der Waals surface area contributed by atoms with Crippen LogP contribution in [-0.2, 0) is 6.42 Å². The van der Waals surface area contributed by atoms with Crippen molar-refractivity contribution in [1.29, 1.82) is 5.26 Å². The smallest absolute Gasteiger partial charge is 0.142 e. The second-order valence-corrected chi connectivity index (χ2v) is 3.76. The van der Waals surface area contributed by atoms with Crippen LogP contribution in [0.4, 0.5) is 0 Å². The van der Waals surface area contributed by atoms with Crippen LogP contribution in [0.15, 0.2) is 30.5 Å². The van der Waals surface area contributed by atoms with Gasteiger partial charge in [0.15, 0.2) is 0 Å². The fourth-order valence-corrected chi connectivity index (χ4v) is 1.72. The van der Waals surface area contributed by atoms with Gasteiger partial charge in [-0.1, -0.05) is 0 Å². The lowest BCUT2D eigenvalue weighted by molar-refractivity contribution is 0.404. The number of hydrogen-bond donors (Lipinski definition) is 0. The molecule has 2 aromatic rings. The maximum absolute atomic E-state index is 8.69. The minimum Gasteiger partial charge on any atom is -0.497 e. The minimum absolute atomic E-state index is 0.181. The highest BCUT2D eigenvalue weighted by molar-refractivity contribution is 5.68. The van der Waals surface area contributed by atoms with Gasteiger partial charge in [-0.2, -0.15) is 5.26 Å². The van der Waals surface area contributed by atoms with E-state index in [2.05, 4.69) is 9.97 Å². The first-order valence-corrected chi connectivity index (χ1v) is 5.69. The molecule has 5 nitrogen and oxygen atoms in total. The minimum atomic E-state index is 0.181. The standard InChI is InChI=1S/C14H13N3O2/c1-18-10-3-4-13(19-2)11(9-10)12-6-8-16-14(17-12)5-7-15/h3-4,6,8-9H,5H2,1-2H3. The van der Waals surface area contributed by atoms with Gasteiger partial charge in [0, 0.05) is 11.8 Å². The van der Waals surface area contributed by atoms with E-state index in [1.165, 1.54) is 0 Å². The third kappa shape index (κ3) is 2.80. The SMILES string of the molecule is COc1ccc(OC)c(-c2ccnc(CC#N)n2)c1. The van der Waals surface area contributed by atoms with Gasteiger partial charge < -0.3 is 9.47 Å². The summed E-state index contributed by atoms with van der Waals surface area (Å²) in [5.41, 5.74) is 1.51. The van der Waals surface area contributed by atoms with Gasteiger partial charge in [0.05, 0.1) is 32.4 Å². The summed E-state index contributed by atoms with van der Waals surface area (Å²) in [5.74, 6) is 1.91. The first-order chi connectivity index (χ1) is 9.28. The Bertz CT molecular complexity index is 620. The Hall–Kier alpha value is -2.61. The van der Waals surface area contributed by atoms with Crippen molar-refractivity contribution in [1.82, 2.24) is 9.97 Å². The molecule has 0 aliphatic rings. The maximum atomic E-state index is 8.69. The number of hydrogen-bond acceptors (Lipinski definition) is 5. The molecular weight excluding hydrogens is 242 g/mol. The van der Waals surface area contributed by atoms with Crippen molar-refractivity contribution >= 4 is 0 Å². The fraction of sp³-hybridized carbons (Fsp3) is 0.214. The lowest BCUT2D eigenvalue weighted by Gasteiger charge is -2.10. The summed E-state index contributed by atoms with van der Waals surface area (Å²) < 4.78 is 10.5. The van der Waals surface area contributed by atoms with Crippen LogP contribution in [0.2, 0.25) is 0 Å². The van der Waals surface area contributed by atoms with E-state index in [-0.39, 0.29) is 6.42 Å². The third-order valence-corrected chi connectivity index (χ3v) is 2.63. The van der Waals surface area contributed by atoms with Crippen molar-refractivity contribution in [3.63, 3.8) is 0 Å². The van der Waals surface area contributed by atoms with Crippen molar-refractivity contribution < 1.29 is 9.47 Å². The molecule has 5 heteroatoms. The van der Waals surface area contributed by atoms with E-state index in [0.717, 1.165) is 11.3 Å². The van der Waals surface area contributed by atoms with Crippen LogP contribution < -0.4 is 9.47 Å². The molecule has 0 bridgehead atoms. The number of nitriles is 1. The Labute approximate surface area is 111 Å². The van der Waals surface area contributed by atoms with Crippen molar-refractivity contribution in [3.05, 3.63) is 36.3 Å². The normalized spacial score (nSPS) is 9.74. The van der Waals surface area contributed by atoms with Gasteiger partial charge in [0.25, 0.3) is 0 Å². The van der Waals surface area contributed by atoms with E-state index >= 15 is 0 Å². The molecule has 0 N–H and O–H groups in total. The Morgan fingerprint density at radius 2 is 2.05 bits per heavy atom. The van der Waals surface area contributed by atoms with E-state index < -0.39 is 0 Å². The number of rotatable bonds is 4. The van der Waals surface area contributed by atoms with E-state index in [0.29, 0.717) is 17.3 Å². The van der Waals surface area contributed by atoms with Gasteiger partial charge in [0.1, 0.15) is 17.3 Å². The molecule has 0 saturated carbocycles. The van der Waals surface area contributed by atoms with Crippen LogP contribution in [0.25, 0.3) is 11.3 Å². The molecule has 1 aromatic carbocycles. The van der Waals surface area contributed by atoms with Crippen LogP contribution in [0.1, 0.15) is 5.82 Å².